The Morgan fingerprint density at radius 3 is 1.27 bits per heavy atom. The number of nitrogens with zero attached hydrogens (tertiary/aromatic N) is 2. The predicted molar refractivity (Wildman–Crippen MR) is 117 cm³/mol. The maximum absolute atomic E-state index is 13.0. The van der Waals surface area contributed by atoms with Gasteiger partial charge in [-0.3, -0.25) is 19.2 Å². The molecule has 3 aromatic carbocycles. The third kappa shape index (κ3) is 2.39. The zero-order valence-electron chi connectivity index (χ0n) is 15.9. The first-order valence-corrected chi connectivity index (χ1v) is 9.24. The molecule has 0 saturated heterocycles. The van der Waals surface area contributed by atoms with Crippen LogP contribution < -0.4 is 28.0 Å². The molecule has 7 nitrogen and oxygen atoms in total. The third-order valence-corrected chi connectivity index (χ3v) is 5.34. The lowest BCUT2D eigenvalue weighted by molar-refractivity contribution is 0.987. The van der Waals surface area contributed by atoms with Crippen molar-refractivity contribution in [1.29, 1.82) is 0 Å². The van der Waals surface area contributed by atoms with Crippen LogP contribution in [0.4, 0.5) is 5.69 Å². The number of rotatable bonds is 2. The maximum atomic E-state index is 13.0. The molecule has 0 bridgehead atoms. The molecule has 0 unspecified atom stereocenters. The van der Waals surface area contributed by atoms with E-state index in [4.69, 9.17) is 5.73 Å². The van der Waals surface area contributed by atoms with E-state index < -0.39 is 22.2 Å². The molecule has 0 saturated carbocycles. The van der Waals surface area contributed by atoms with Gasteiger partial charge in [-0.15, -0.1) is 0 Å². The smallest absolute Gasteiger partial charge is 0.266 e. The number of anilines is 1. The molecule has 0 aliphatic heterocycles. The minimum absolute atomic E-state index is 0.0995. The lowest BCUT2D eigenvalue weighted by atomic mass is 10.1. The Kier molecular flexibility index (Phi) is 3.63. The SMILES string of the molecule is Cc1ccc(-n2c(=O)c3cc4c(=O)n(-c5ccc(N)cc5)c(=O)c4cc3c2=O)cc1. The zero-order valence-corrected chi connectivity index (χ0v) is 15.9. The normalized spacial score (nSPS) is 11.5. The van der Waals surface area contributed by atoms with E-state index in [-0.39, 0.29) is 21.5 Å². The van der Waals surface area contributed by atoms with Crippen LogP contribution in [-0.2, 0) is 0 Å². The van der Waals surface area contributed by atoms with Gasteiger partial charge in [0.15, 0.2) is 0 Å². The minimum Gasteiger partial charge on any atom is -0.399 e. The van der Waals surface area contributed by atoms with Crippen LogP contribution in [0.2, 0.25) is 0 Å². The van der Waals surface area contributed by atoms with Gasteiger partial charge in [-0.1, -0.05) is 17.7 Å². The predicted octanol–water partition coefficient (Wildman–Crippen LogP) is 1.78. The molecule has 0 fully saturated rings. The number of aromatic nitrogens is 2. The zero-order chi connectivity index (χ0) is 21.2. The molecule has 30 heavy (non-hydrogen) atoms. The second kappa shape index (κ2) is 6.12. The number of hydrogen-bond acceptors (Lipinski definition) is 5. The summed E-state index contributed by atoms with van der Waals surface area (Å²) in [6.07, 6.45) is 0. The number of aryl methyl sites for hydroxylation is 1. The molecule has 146 valence electrons. The Morgan fingerprint density at radius 1 is 0.567 bits per heavy atom. The van der Waals surface area contributed by atoms with Crippen molar-refractivity contribution < 1.29 is 0 Å². The Bertz CT molecular complexity index is 1460. The fraction of sp³-hybridized carbons (Fsp3) is 0.0435. The molecule has 2 heterocycles. The lowest BCUT2D eigenvalue weighted by Gasteiger charge is -2.00. The Hall–Kier alpha value is -4.26. The summed E-state index contributed by atoms with van der Waals surface area (Å²) in [5.74, 6) is 0. The Balaban J connectivity index is 1.83. The molecule has 0 amide bonds. The minimum atomic E-state index is -0.545. The van der Waals surface area contributed by atoms with Crippen LogP contribution in [0.5, 0.6) is 0 Å². The van der Waals surface area contributed by atoms with Crippen LogP contribution >= 0.6 is 0 Å². The van der Waals surface area contributed by atoms with E-state index in [1.165, 1.54) is 12.1 Å². The Morgan fingerprint density at radius 2 is 0.900 bits per heavy atom. The summed E-state index contributed by atoms with van der Waals surface area (Å²) in [6.45, 7) is 1.90. The van der Waals surface area contributed by atoms with Gasteiger partial charge in [0.05, 0.1) is 32.9 Å². The standard InChI is InChI=1S/C23H15N3O4/c1-12-2-6-14(7-3-12)25-20(27)16-10-18-19(11-17(16)21(25)28)23(30)26(22(18)29)15-8-4-13(24)5-9-15/h2-11H,24H2,1H3. The van der Waals surface area contributed by atoms with Crippen LogP contribution in [-0.4, -0.2) is 9.13 Å². The molecule has 5 rings (SSSR count). The van der Waals surface area contributed by atoms with Crippen molar-refractivity contribution >= 4 is 27.2 Å². The molecule has 7 heteroatoms. The van der Waals surface area contributed by atoms with Crippen LogP contribution in [0, 0.1) is 6.92 Å². The van der Waals surface area contributed by atoms with Crippen LogP contribution in [0.15, 0.2) is 79.8 Å². The van der Waals surface area contributed by atoms with Crippen molar-refractivity contribution in [3.05, 3.63) is 108 Å². The molecular formula is C23H15N3O4. The maximum Gasteiger partial charge on any atom is 0.266 e. The third-order valence-electron chi connectivity index (χ3n) is 5.34. The van der Waals surface area contributed by atoms with Crippen molar-refractivity contribution in [1.82, 2.24) is 9.13 Å². The number of fused-ring (bicyclic) bond motifs is 2. The molecule has 0 radical (unpaired) electrons. The second-order valence-corrected chi connectivity index (χ2v) is 7.26. The molecule has 0 atom stereocenters. The van der Waals surface area contributed by atoms with E-state index >= 15 is 0 Å². The first-order valence-electron chi connectivity index (χ1n) is 9.24. The van der Waals surface area contributed by atoms with Gasteiger partial charge in [0.25, 0.3) is 22.2 Å². The summed E-state index contributed by atoms with van der Waals surface area (Å²) < 4.78 is 2.08. The second-order valence-electron chi connectivity index (χ2n) is 7.26. The molecule has 0 spiro atoms. The number of benzene rings is 3. The van der Waals surface area contributed by atoms with E-state index in [9.17, 15) is 19.2 Å². The van der Waals surface area contributed by atoms with E-state index in [0.29, 0.717) is 17.1 Å². The van der Waals surface area contributed by atoms with Crippen LogP contribution in [0.25, 0.3) is 32.9 Å². The average Bonchev–Trinajstić information content (AvgIpc) is 3.13. The molecular weight excluding hydrogens is 382 g/mol. The highest BCUT2D eigenvalue weighted by Gasteiger charge is 2.20. The highest BCUT2D eigenvalue weighted by molar-refractivity contribution is 5.98. The topological polar surface area (TPSA) is 104 Å². The van der Waals surface area contributed by atoms with Crippen molar-refractivity contribution in [3.63, 3.8) is 0 Å². The summed E-state index contributed by atoms with van der Waals surface area (Å²) in [5, 5.41) is 0.421. The summed E-state index contributed by atoms with van der Waals surface area (Å²) in [4.78, 5) is 51.8. The average molecular weight is 397 g/mol. The summed E-state index contributed by atoms with van der Waals surface area (Å²) in [7, 11) is 0. The van der Waals surface area contributed by atoms with Gasteiger partial charge in [-0.25, -0.2) is 9.13 Å². The van der Waals surface area contributed by atoms with Gasteiger partial charge in [0, 0.05) is 5.69 Å². The van der Waals surface area contributed by atoms with Crippen molar-refractivity contribution in [3.8, 4) is 11.4 Å². The molecule has 2 N–H and O–H groups in total. The summed E-state index contributed by atoms with van der Waals surface area (Å²) in [5.41, 5.74) is 5.85. The first kappa shape index (κ1) is 17.8. The monoisotopic (exact) mass is 397 g/mol. The van der Waals surface area contributed by atoms with Crippen LogP contribution in [0.3, 0.4) is 0 Å². The highest BCUT2D eigenvalue weighted by Crippen LogP contribution is 2.18. The molecule has 5 aromatic rings. The van der Waals surface area contributed by atoms with Crippen LogP contribution in [0.1, 0.15) is 5.56 Å². The van der Waals surface area contributed by atoms with Crippen molar-refractivity contribution in [2.45, 2.75) is 6.92 Å². The van der Waals surface area contributed by atoms with Gasteiger partial charge >= 0.3 is 0 Å². The first-order chi connectivity index (χ1) is 14.4. The fourth-order valence-corrected chi connectivity index (χ4v) is 3.76. The van der Waals surface area contributed by atoms with E-state index in [1.54, 1.807) is 48.5 Å². The highest BCUT2D eigenvalue weighted by atomic mass is 16.2. The molecule has 2 aromatic heterocycles. The largest absolute Gasteiger partial charge is 0.399 e. The van der Waals surface area contributed by atoms with E-state index in [0.717, 1.165) is 14.7 Å². The van der Waals surface area contributed by atoms with Crippen molar-refractivity contribution in [2.75, 3.05) is 5.73 Å². The number of nitrogen functional groups attached to an aromatic ring is 1. The van der Waals surface area contributed by atoms with Gasteiger partial charge in [-0.2, -0.15) is 0 Å². The fourth-order valence-electron chi connectivity index (χ4n) is 3.76. The van der Waals surface area contributed by atoms with Gasteiger partial charge in [-0.05, 0) is 55.5 Å². The summed E-state index contributed by atoms with van der Waals surface area (Å²) in [6, 6.07) is 16.0. The van der Waals surface area contributed by atoms with Crippen molar-refractivity contribution in [2.24, 2.45) is 0 Å². The number of nitrogens with two attached hydrogens (primary N) is 1. The molecule has 0 aliphatic rings. The van der Waals surface area contributed by atoms with Gasteiger partial charge < -0.3 is 5.73 Å². The quantitative estimate of drug-likeness (QED) is 0.457. The van der Waals surface area contributed by atoms with Gasteiger partial charge in [0.2, 0.25) is 0 Å². The lowest BCUT2D eigenvalue weighted by Crippen LogP contribution is -2.24. The van der Waals surface area contributed by atoms with E-state index in [2.05, 4.69) is 0 Å². The van der Waals surface area contributed by atoms with Gasteiger partial charge in [0.1, 0.15) is 0 Å². The molecule has 0 aliphatic carbocycles. The summed E-state index contributed by atoms with van der Waals surface area (Å²) >= 11 is 0. The van der Waals surface area contributed by atoms with E-state index in [1.807, 2.05) is 6.92 Å². The Labute approximate surface area is 168 Å². The number of hydrogen-bond donors (Lipinski definition) is 1.